The van der Waals surface area contributed by atoms with E-state index >= 15 is 0 Å². The Labute approximate surface area is 92.1 Å². The van der Waals surface area contributed by atoms with Crippen molar-refractivity contribution in [3.63, 3.8) is 0 Å². The lowest BCUT2D eigenvalue weighted by molar-refractivity contribution is -0.138. The number of aliphatic carboxylic acids is 1. The predicted octanol–water partition coefficient (Wildman–Crippen LogP) is 3.20. The monoisotopic (exact) mass is 256 g/mol. The van der Waals surface area contributed by atoms with E-state index in [1.807, 2.05) is 25.1 Å². The average Bonchev–Trinajstić information content (AvgIpc) is 2.16. The van der Waals surface area contributed by atoms with Crippen molar-refractivity contribution >= 4 is 21.9 Å². The molecule has 0 amide bonds. The molecular formula is C11H13BrO2. The number of carboxylic acid groups (broad SMARTS) is 1. The molecule has 1 aromatic rings. The van der Waals surface area contributed by atoms with Crippen molar-refractivity contribution < 1.29 is 9.90 Å². The largest absolute Gasteiger partial charge is 0.481 e. The molecule has 0 heterocycles. The summed E-state index contributed by atoms with van der Waals surface area (Å²) >= 11 is 3.38. The quantitative estimate of drug-likeness (QED) is 0.902. The molecule has 14 heavy (non-hydrogen) atoms. The molecule has 1 aromatic carbocycles. The molecule has 0 aromatic heterocycles. The van der Waals surface area contributed by atoms with Gasteiger partial charge in [0.25, 0.3) is 0 Å². The molecule has 0 saturated heterocycles. The zero-order valence-electron chi connectivity index (χ0n) is 8.25. The molecule has 3 heteroatoms. The smallest absolute Gasteiger partial charge is 0.310 e. The number of rotatable bonds is 3. The third kappa shape index (κ3) is 2.35. The summed E-state index contributed by atoms with van der Waals surface area (Å²) in [5.41, 5.74) is 2.00. The molecule has 0 aliphatic heterocycles. The summed E-state index contributed by atoms with van der Waals surface area (Å²) in [5.74, 6) is -1.21. The number of halogens is 1. The molecule has 0 spiro atoms. The second-order valence-electron chi connectivity index (χ2n) is 3.26. The van der Waals surface area contributed by atoms with E-state index in [2.05, 4.69) is 15.9 Å². The number of hydrogen-bond donors (Lipinski definition) is 1. The van der Waals surface area contributed by atoms with Crippen LogP contribution >= 0.6 is 15.9 Å². The van der Waals surface area contributed by atoms with Crippen LogP contribution in [0.15, 0.2) is 22.7 Å². The number of carboxylic acids is 1. The van der Waals surface area contributed by atoms with Crippen molar-refractivity contribution in [2.75, 3.05) is 0 Å². The molecule has 0 unspecified atom stereocenters. The van der Waals surface area contributed by atoms with Gasteiger partial charge >= 0.3 is 5.97 Å². The first kappa shape index (κ1) is 11.2. The fourth-order valence-electron chi connectivity index (χ4n) is 1.44. The highest BCUT2D eigenvalue weighted by Gasteiger charge is 2.16. The Balaban J connectivity index is 3.13. The molecule has 0 aliphatic carbocycles. The summed E-state index contributed by atoms with van der Waals surface area (Å²) in [6.45, 7) is 3.74. The van der Waals surface area contributed by atoms with E-state index in [-0.39, 0.29) is 0 Å². The lowest BCUT2D eigenvalue weighted by Crippen LogP contribution is -2.09. The molecule has 0 aliphatic rings. The fraction of sp³-hybridized carbons (Fsp3) is 0.364. The van der Waals surface area contributed by atoms with E-state index in [0.29, 0.717) is 0 Å². The van der Waals surface area contributed by atoms with Gasteiger partial charge in [0.05, 0.1) is 5.92 Å². The lowest BCUT2D eigenvalue weighted by atomic mass is 9.94. The van der Waals surface area contributed by atoms with Crippen LogP contribution < -0.4 is 0 Å². The van der Waals surface area contributed by atoms with Crippen molar-refractivity contribution in [1.29, 1.82) is 0 Å². The predicted molar refractivity (Wildman–Crippen MR) is 59.6 cm³/mol. The molecule has 1 atom stereocenters. The first-order valence-electron chi connectivity index (χ1n) is 4.57. The van der Waals surface area contributed by atoms with Gasteiger partial charge in [0, 0.05) is 4.47 Å². The molecule has 2 nitrogen and oxygen atoms in total. The highest BCUT2D eigenvalue weighted by molar-refractivity contribution is 9.10. The fourth-order valence-corrected chi connectivity index (χ4v) is 1.84. The minimum Gasteiger partial charge on any atom is -0.481 e. The Morgan fingerprint density at radius 3 is 2.71 bits per heavy atom. The van der Waals surface area contributed by atoms with E-state index in [0.717, 1.165) is 22.0 Å². The summed E-state index contributed by atoms with van der Waals surface area (Å²) in [6.07, 6.45) is 0.854. The van der Waals surface area contributed by atoms with Gasteiger partial charge in [0.15, 0.2) is 0 Å². The van der Waals surface area contributed by atoms with Crippen LogP contribution in [0.1, 0.15) is 30.9 Å². The number of benzene rings is 1. The third-order valence-electron chi connectivity index (χ3n) is 2.32. The Bertz CT molecular complexity index is 347. The van der Waals surface area contributed by atoms with Crippen LogP contribution in [0.3, 0.4) is 0 Å². The van der Waals surface area contributed by atoms with Crippen LogP contribution in [0, 0.1) is 0 Å². The number of hydrogen-bond acceptors (Lipinski definition) is 1. The minimum absolute atomic E-state index is 0.432. The van der Waals surface area contributed by atoms with Gasteiger partial charge in [-0.25, -0.2) is 0 Å². The Kier molecular flexibility index (Phi) is 3.69. The molecule has 76 valence electrons. The maximum atomic E-state index is 10.8. The van der Waals surface area contributed by atoms with Crippen LogP contribution in [0.2, 0.25) is 0 Å². The maximum Gasteiger partial charge on any atom is 0.310 e. The van der Waals surface area contributed by atoms with E-state index < -0.39 is 11.9 Å². The van der Waals surface area contributed by atoms with E-state index in [4.69, 9.17) is 5.11 Å². The van der Waals surface area contributed by atoms with Gasteiger partial charge in [-0.05, 0) is 36.6 Å². The molecule has 1 rings (SSSR count). The molecule has 0 fully saturated rings. The first-order valence-corrected chi connectivity index (χ1v) is 5.36. The summed E-state index contributed by atoms with van der Waals surface area (Å²) in [7, 11) is 0. The summed E-state index contributed by atoms with van der Waals surface area (Å²) in [5, 5.41) is 8.91. The zero-order chi connectivity index (χ0) is 10.7. The summed E-state index contributed by atoms with van der Waals surface area (Å²) < 4.78 is 0.996. The Morgan fingerprint density at radius 2 is 2.21 bits per heavy atom. The lowest BCUT2D eigenvalue weighted by Gasteiger charge is -2.12. The third-order valence-corrected chi connectivity index (χ3v) is 2.82. The van der Waals surface area contributed by atoms with E-state index in [1.165, 1.54) is 0 Å². The van der Waals surface area contributed by atoms with Crippen molar-refractivity contribution in [1.82, 2.24) is 0 Å². The second kappa shape index (κ2) is 4.60. The van der Waals surface area contributed by atoms with Crippen molar-refractivity contribution in [3.05, 3.63) is 33.8 Å². The maximum absolute atomic E-state index is 10.8. The van der Waals surface area contributed by atoms with Gasteiger partial charge in [-0.3, -0.25) is 4.79 Å². The zero-order valence-corrected chi connectivity index (χ0v) is 9.84. The van der Waals surface area contributed by atoms with Gasteiger partial charge in [-0.15, -0.1) is 0 Å². The standard InChI is InChI=1S/C11H13BrO2/c1-3-8-6-9(12)4-5-10(8)7(2)11(13)14/h4-7H,3H2,1-2H3,(H,13,14)/t7-/m1/s1. The van der Waals surface area contributed by atoms with Gasteiger partial charge in [0.1, 0.15) is 0 Å². The molecular weight excluding hydrogens is 244 g/mol. The van der Waals surface area contributed by atoms with Crippen LogP contribution in [-0.4, -0.2) is 11.1 Å². The van der Waals surface area contributed by atoms with Crippen LogP contribution in [0.4, 0.5) is 0 Å². The second-order valence-corrected chi connectivity index (χ2v) is 4.17. The van der Waals surface area contributed by atoms with Crippen molar-refractivity contribution in [2.24, 2.45) is 0 Å². The van der Waals surface area contributed by atoms with E-state index in [9.17, 15) is 4.79 Å². The van der Waals surface area contributed by atoms with Crippen molar-refractivity contribution in [2.45, 2.75) is 26.2 Å². The number of aryl methyl sites for hydroxylation is 1. The van der Waals surface area contributed by atoms with Gasteiger partial charge in [0.2, 0.25) is 0 Å². The summed E-state index contributed by atoms with van der Waals surface area (Å²) in [6, 6.07) is 5.74. The number of carbonyl (C=O) groups is 1. The average molecular weight is 257 g/mol. The highest BCUT2D eigenvalue weighted by Crippen LogP contribution is 2.24. The normalized spacial score (nSPS) is 12.5. The summed E-state index contributed by atoms with van der Waals surface area (Å²) in [4.78, 5) is 10.8. The Morgan fingerprint density at radius 1 is 1.57 bits per heavy atom. The van der Waals surface area contributed by atoms with Gasteiger partial charge in [-0.1, -0.05) is 28.9 Å². The Hall–Kier alpha value is -0.830. The van der Waals surface area contributed by atoms with Crippen molar-refractivity contribution in [3.8, 4) is 0 Å². The van der Waals surface area contributed by atoms with Crippen LogP contribution in [0.5, 0.6) is 0 Å². The minimum atomic E-state index is -0.776. The van der Waals surface area contributed by atoms with Crippen LogP contribution in [-0.2, 0) is 11.2 Å². The molecule has 0 bridgehead atoms. The molecule has 1 N–H and O–H groups in total. The molecule has 0 radical (unpaired) electrons. The molecule has 0 saturated carbocycles. The first-order chi connectivity index (χ1) is 6.56. The SMILES string of the molecule is CCc1cc(Br)ccc1[C@@H](C)C(=O)O. The van der Waals surface area contributed by atoms with Gasteiger partial charge < -0.3 is 5.11 Å². The van der Waals surface area contributed by atoms with Crippen LogP contribution in [0.25, 0.3) is 0 Å². The highest BCUT2D eigenvalue weighted by atomic mass is 79.9. The topological polar surface area (TPSA) is 37.3 Å². The van der Waals surface area contributed by atoms with E-state index in [1.54, 1.807) is 6.92 Å². The van der Waals surface area contributed by atoms with Gasteiger partial charge in [-0.2, -0.15) is 0 Å².